The minimum absolute atomic E-state index is 0.000717. The summed E-state index contributed by atoms with van der Waals surface area (Å²) in [6, 6.07) is 0. The first-order valence-corrected chi connectivity index (χ1v) is 8.58. The molecular formula is C20H26O. The fraction of sp³-hybridized carbons (Fsp3) is 0.650. The maximum atomic E-state index is 12.4. The number of fused-ring (bicyclic) bond motifs is 5. The van der Waals surface area contributed by atoms with E-state index in [1.807, 2.05) is 0 Å². The molecule has 3 fully saturated rings. The molecule has 112 valence electrons. The van der Waals surface area contributed by atoms with Crippen LogP contribution in [-0.2, 0) is 4.79 Å². The van der Waals surface area contributed by atoms with Crippen molar-refractivity contribution < 1.29 is 4.79 Å². The molecule has 4 aliphatic carbocycles. The predicted molar refractivity (Wildman–Crippen MR) is 85.8 cm³/mol. The van der Waals surface area contributed by atoms with E-state index in [-0.39, 0.29) is 10.8 Å². The van der Waals surface area contributed by atoms with Crippen molar-refractivity contribution in [3.05, 3.63) is 36.0 Å². The maximum Gasteiger partial charge on any atom is 0.139 e. The van der Waals surface area contributed by atoms with Crippen LogP contribution in [0.15, 0.2) is 36.0 Å². The summed E-state index contributed by atoms with van der Waals surface area (Å²) in [4.78, 5) is 12.4. The van der Waals surface area contributed by atoms with Gasteiger partial charge in [-0.05, 0) is 55.4 Å². The number of allylic oxidation sites excluding steroid dienone is 5. The average molecular weight is 282 g/mol. The lowest BCUT2D eigenvalue weighted by Gasteiger charge is -2.55. The number of hydrogen-bond donors (Lipinski definition) is 0. The topological polar surface area (TPSA) is 17.1 Å². The van der Waals surface area contributed by atoms with Crippen molar-refractivity contribution >= 4 is 5.78 Å². The van der Waals surface area contributed by atoms with Crippen LogP contribution in [0.4, 0.5) is 0 Å². The first-order chi connectivity index (χ1) is 9.95. The molecule has 0 heterocycles. The van der Waals surface area contributed by atoms with Gasteiger partial charge in [-0.25, -0.2) is 0 Å². The number of carbonyl (C=O) groups is 1. The summed E-state index contributed by atoms with van der Waals surface area (Å²) in [5, 5.41) is 0. The smallest absolute Gasteiger partial charge is 0.139 e. The molecule has 1 heteroatoms. The molecule has 1 nitrogen and oxygen atoms in total. The Hall–Kier alpha value is -1.11. The van der Waals surface area contributed by atoms with E-state index in [2.05, 4.69) is 38.7 Å². The monoisotopic (exact) mass is 282 g/mol. The number of carbonyl (C=O) groups excluding carboxylic acids is 1. The van der Waals surface area contributed by atoms with Crippen molar-refractivity contribution in [2.75, 3.05) is 0 Å². The Morgan fingerprint density at radius 2 is 1.95 bits per heavy atom. The molecule has 0 aromatic carbocycles. The highest BCUT2D eigenvalue weighted by Gasteiger charge is 2.58. The lowest BCUT2D eigenvalue weighted by molar-refractivity contribution is -0.131. The SMILES string of the molecule is C=C1C=C[C@@]2(C)C(=C1)CC[C@@H]1[C@H]2CC[C@]2(C)C(=O)CC[C@@H]12. The number of hydrogen-bond acceptors (Lipinski definition) is 1. The highest BCUT2D eigenvalue weighted by molar-refractivity contribution is 5.87. The van der Waals surface area contributed by atoms with Crippen LogP contribution in [-0.4, -0.2) is 5.78 Å². The summed E-state index contributed by atoms with van der Waals surface area (Å²) in [5.74, 6) is 2.66. The Morgan fingerprint density at radius 3 is 2.76 bits per heavy atom. The fourth-order valence-electron chi connectivity index (χ4n) is 6.05. The van der Waals surface area contributed by atoms with Gasteiger partial charge in [0.15, 0.2) is 0 Å². The van der Waals surface area contributed by atoms with Gasteiger partial charge in [0.05, 0.1) is 0 Å². The zero-order valence-corrected chi connectivity index (χ0v) is 13.3. The maximum absolute atomic E-state index is 12.4. The third-order valence-electron chi connectivity index (χ3n) is 7.36. The first-order valence-electron chi connectivity index (χ1n) is 8.58. The minimum atomic E-state index is 0.000717. The molecule has 0 unspecified atom stereocenters. The Balaban J connectivity index is 1.72. The average Bonchev–Trinajstić information content (AvgIpc) is 2.76. The van der Waals surface area contributed by atoms with Gasteiger partial charge in [-0.1, -0.05) is 44.2 Å². The summed E-state index contributed by atoms with van der Waals surface area (Å²) < 4.78 is 0. The fourth-order valence-corrected chi connectivity index (χ4v) is 6.05. The molecule has 0 aromatic rings. The second-order valence-corrected chi connectivity index (χ2v) is 8.19. The van der Waals surface area contributed by atoms with Gasteiger partial charge in [0.25, 0.3) is 0 Å². The van der Waals surface area contributed by atoms with Crippen molar-refractivity contribution in [3.8, 4) is 0 Å². The van der Waals surface area contributed by atoms with Gasteiger partial charge in [0.2, 0.25) is 0 Å². The molecule has 3 saturated carbocycles. The molecule has 21 heavy (non-hydrogen) atoms. The molecule has 0 N–H and O–H groups in total. The van der Waals surface area contributed by atoms with Gasteiger partial charge in [-0.2, -0.15) is 0 Å². The molecule has 4 aliphatic rings. The van der Waals surface area contributed by atoms with Crippen LogP contribution in [0.25, 0.3) is 0 Å². The Morgan fingerprint density at radius 1 is 1.14 bits per heavy atom. The van der Waals surface area contributed by atoms with E-state index in [1.54, 1.807) is 5.57 Å². The molecule has 0 aromatic heterocycles. The second-order valence-electron chi connectivity index (χ2n) is 8.19. The van der Waals surface area contributed by atoms with Crippen molar-refractivity contribution in [3.63, 3.8) is 0 Å². The normalized spacial score (nSPS) is 48.5. The molecule has 0 saturated heterocycles. The van der Waals surface area contributed by atoms with Gasteiger partial charge in [-0.15, -0.1) is 0 Å². The number of ketones is 1. The van der Waals surface area contributed by atoms with Gasteiger partial charge in [-0.3, -0.25) is 4.79 Å². The number of Topliss-reactive ketones (excluding diaryl/α,β-unsaturated/α-hetero) is 1. The van der Waals surface area contributed by atoms with Gasteiger partial charge >= 0.3 is 0 Å². The highest BCUT2D eigenvalue weighted by atomic mass is 16.1. The Bertz CT molecular complexity index is 581. The van der Waals surface area contributed by atoms with Gasteiger partial charge in [0.1, 0.15) is 5.78 Å². The van der Waals surface area contributed by atoms with Gasteiger partial charge in [0, 0.05) is 17.3 Å². The quantitative estimate of drug-likeness (QED) is 0.620. The van der Waals surface area contributed by atoms with E-state index < -0.39 is 0 Å². The van der Waals surface area contributed by atoms with Gasteiger partial charge < -0.3 is 0 Å². The third-order valence-corrected chi connectivity index (χ3v) is 7.36. The lowest BCUT2D eigenvalue weighted by Crippen LogP contribution is -2.49. The molecule has 0 amide bonds. The van der Waals surface area contributed by atoms with Crippen LogP contribution in [0, 0.1) is 28.6 Å². The minimum Gasteiger partial charge on any atom is -0.299 e. The van der Waals surface area contributed by atoms with E-state index in [0.717, 1.165) is 36.7 Å². The molecule has 0 spiro atoms. The van der Waals surface area contributed by atoms with Crippen molar-refractivity contribution in [1.29, 1.82) is 0 Å². The molecule has 0 bridgehead atoms. The largest absolute Gasteiger partial charge is 0.299 e. The summed E-state index contributed by atoms with van der Waals surface area (Å²) >= 11 is 0. The highest BCUT2D eigenvalue weighted by Crippen LogP contribution is 2.63. The van der Waals surface area contributed by atoms with Crippen molar-refractivity contribution in [2.24, 2.45) is 28.6 Å². The van der Waals surface area contributed by atoms with Crippen LogP contribution in [0.1, 0.15) is 52.4 Å². The van der Waals surface area contributed by atoms with Crippen LogP contribution >= 0.6 is 0 Å². The van der Waals surface area contributed by atoms with E-state index in [0.29, 0.717) is 11.7 Å². The second kappa shape index (κ2) is 4.21. The van der Waals surface area contributed by atoms with Crippen LogP contribution in [0.5, 0.6) is 0 Å². The zero-order valence-electron chi connectivity index (χ0n) is 13.3. The molecule has 4 rings (SSSR count). The zero-order chi connectivity index (χ0) is 14.8. The molecular weight excluding hydrogens is 256 g/mol. The molecule has 0 aliphatic heterocycles. The first kappa shape index (κ1) is 13.5. The van der Waals surface area contributed by atoms with Crippen molar-refractivity contribution in [2.45, 2.75) is 52.4 Å². The van der Waals surface area contributed by atoms with Crippen molar-refractivity contribution in [1.82, 2.24) is 0 Å². The van der Waals surface area contributed by atoms with Crippen LogP contribution in [0.3, 0.4) is 0 Å². The summed E-state index contributed by atoms with van der Waals surface area (Å²) in [6.07, 6.45) is 13.7. The van der Waals surface area contributed by atoms with Crippen LogP contribution in [0.2, 0.25) is 0 Å². The Kier molecular flexibility index (Phi) is 2.72. The lowest BCUT2D eigenvalue weighted by atomic mass is 9.48. The summed E-state index contributed by atoms with van der Waals surface area (Å²) in [5.41, 5.74) is 2.96. The van der Waals surface area contributed by atoms with Crippen LogP contribution < -0.4 is 0 Å². The summed E-state index contributed by atoms with van der Waals surface area (Å²) in [7, 11) is 0. The predicted octanol–water partition coefficient (Wildman–Crippen LogP) is 4.85. The van der Waals surface area contributed by atoms with E-state index in [9.17, 15) is 4.79 Å². The standard InChI is InChI=1S/C20H26O/c1-13-8-10-19(2)14(12-13)4-5-15-16-6-7-18(21)20(16,3)11-9-17(15)19/h8,10,12,15-17H,1,4-7,9,11H2,2-3H3/t15-,16-,17+,19-,20-/m0/s1. The van der Waals surface area contributed by atoms with E-state index in [1.165, 1.54) is 19.3 Å². The molecule has 5 atom stereocenters. The third kappa shape index (κ3) is 1.67. The van der Waals surface area contributed by atoms with E-state index in [4.69, 9.17) is 0 Å². The summed E-state index contributed by atoms with van der Waals surface area (Å²) in [6.45, 7) is 8.79. The Labute approximate surface area is 128 Å². The number of rotatable bonds is 0. The van der Waals surface area contributed by atoms with E-state index >= 15 is 0 Å². The molecule has 0 radical (unpaired) electrons.